The number of amides is 1. The van der Waals surface area contributed by atoms with Crippen LogP contribution in [0.1, 0.15) is 22.6 Å². The Kier molecular flexibility index (Phi) is 4.77. The molecule has 0 bridgehead atoms. The molecule has 0 unspecified atom stereocenters. The fraction of sp³-hybridized carbons (Fsp3) is 0.278. The number of H-pyrrole nitrogens is 1. The molecule has 27 heavy (non-hydrogen) atoms. The zero-order valence-corrected chi connectivity index (χ0v) is 15.8. The summed E-state index contributed by atoms with van der Waals surface area (Å²) in [7, 11) is 0. The largest absolute Gasteiger partial charge is 0.353 e. The average Bonchev–Trinajstić information content (AvgIpc) is 3.12. The Bertz CT molecular complexity index is 968. The van der Waals surface area contributed by atoms with Crippen molar-refractivity contribution in [2.45, 2.75) is 6.43 Å². The van der Waals surface area contributed by atoms with E-state index in [0.29, 0.717) is 42.8 Å². The Morgan fingerprint density at radius 3 is 2.59 bits per heavy atom. The van der Waals surface area contributed by atoms with Gasteiger partial charge in [-0.2, -0.15) is 0 Å². The van der Waals surface area contributed by atoms with Crippen molar-refractivity contribution in [3.63, 3.8) is 0 Å². The predicted octanol–water partition coefficient (Wildman–Crippen LogP) is 3.62. The van der Waals surface area contributed by atoms with Crippen molar-refractivity contribution in [2.24, 2.45) is 0 Å². The first-order chi connectivity index (χ1) is 13.0. The monoisotopic (exact) mass is 435 g/mol. The highest BCUT2D eigenvalue weighted by molar-refractivity contribution is 9.10. The molecule has 0 atom stereocenters. The molecule has 6 nitrogen and oxygen atoms in total. The molecule has 1 aromatic carbocycles. The lowest BCUT2D eigenvalue weighted by Gasteiger charge is -2.35. The zero-order valence-electron chi connectivity index (χ0n) is 14.2. The molecule has 1 N–H and O–H groups in total. The number of rotatable bonds is 3. The van der Waals surface area contributed by atoms with Crippen LogP contribution in [0.15, 0.2) is 41.0 Å². The van der Waals surface area contributed by atoms with E-state index in [1.54, 1.807) is 29.3 Å². The number of anilines is 1. The van der Waals surface area contributed by atoms with E-state index >= 15 is 0 Å². The van der Waals surface area contributed by atoms with Gasteiger partial charge < -0.3 is 14.8 Å². The van der Waals surface area contributed by atoms with Gasteiger partial charge in [-0.15, -0.1) is 0 Å². The number of fused-ring (bicyclic) bond motifs is 1. The van der Waals surface area contributed by atoms with Crippen LogP contribution < -0.4 is 4.90 Å². The van der Waals surface area contributed by atoms with E-state index < -0.39 is 6.43 Å². The summed E-state index contributed by atoms with van der Waals surface area (Å²) >= 11 is 3.37. The summed E-state index contributed by atoms with van der Waals surface area (Å²) in [6, 6.07) is 8.68. The number of alkyl halides is 2. The van der Waals surface area contributed by atoms with Crippen LogP contribution in [-0.4, -0.2) is 51.9 Å². The van der Waals surface area contributed by atoms with E-state index in [0.717, 1.165) is 10.3 Å². The highest BCUT2D eigenvalue weighted by atomic mass is 79.9. The number of piperazine rings is 1. The van der Waals surface area contributed by atoms with E-state index in [2.05, 4.69) is 35.8 Å². The van der Waals surface area contributed by atoms with Crippen molar-refractivity contribution in [3.05, 3.63) is 52.4 Å². The van der Waals surface area contributed by atoms with Crippen LogP contribution in [0.5, 0.6) is 0 Å². The van der Waals surface area contributed by atoms with Crippen molar-refractivity contribution in [1.29, 1.82) is 0 Å². The van der Waals surface area contributed by atoms with Crippen LogP contribution in [0.2, 0.25) is 0 Å². The number of benzene rings is 1. The van der Waals surface area contributed by atoms with Crippen molar-refractivity contribution < 1.29 is 13.6 Å². The predicted molar refractivity (Wildman–Crippen MR) is 101 cm³/mol. The summed E-state index contributed by atoms with van der Waals surface area (Å²) in [5.41, 5.74) is 1.32. The normalized spacial score (nSPS) is 15.0. The highest BCUT2D eigenvalue weighted by Gasteiger charge is 2.23. The summed E-state index contributed by atoms with van der Waals surface area (Å²) in [4.78, 5) is 27.5. The number of aromatic nitrogens is 3. The maximum atomic E-state index is 12.8. The fourth-order valence-corrected chi connectivity index (χ4v) is 3.38. The second-order valence-corrected chi connectivity index (χ2v) is 7.18. The molecule has 1 aliphatic heterocycles. The number of pyridine rings is 1. The van der Waals surface area contributed by atoms with Crippen molar-refractivity contribution >= 4 is 38.7 Å². The Balaban J connectivity index is 1.46. The van der Waals surface area contributed by atoms with Crippen LogP contribution in [0.3, 0.4) is 0 Å². The van der Waals surface area contributed by atoms with E-state index in [-0.39, 0.29) is 11.7 Å². The Hall–Kier alpha value is -2.55. The third-order valence-corrected chi connectivity index (χ3v) is 5.03. The third kappa shape index (κ3) is 3.64. The van der Waals surface area contributed by atoms with Gasteiger partial charge in [0.15, 0.2) is 5.82 Å². The topological polar surface area (TPSA) is 65.1 Å². The van der Waals surface area contributed by atoms with Crippen LogP contribution in [-0.2, 0) is 0 Å². The van der Waals surface area contributed by atoms with Crippen molar-refractivity contribution in [1.82, 2.24) is 19.9 Å². The summed E-state index contributed by atoms with van der Waals surface area (Å²) in [6.45, 7) is 2.50. The summed E-state index contributed by atoms with van der Waals surface area (Å²) in [6.07, 6.45) is -0.919. The number of nitrogens with one attached hydrogen (secondary N) is 1. The van der Waals surface area contributed by atoms with E-state index in [1.807, 2.05) is 12.1 Å². The molecular formula is C18H16BrF2N5O. The van der Waals surface area contributed by atoms with Gasteiger partial charge >= 0.3 is 0 Å². The van der Waals surface area contributed by atoms with Crippen LogP contribution in [0.25, 0.3) is 11.0 Å². The molecule has 1 saturated heterocycles. The minimum absolute atomic E-state index is 0.117. The molecule has 3 heterocycles. The minimum Gasteiger partial charge on any atom is -0.353 e. The molecule has 3 aromatic rings. The number of hydrogen-bond donors (Lipinski definition) is 1. The molecule has 140 valence electrons. The van der Waals surface area contributed by atoms with E-state index in [4.69, 9.17) is 0 Å². The quantitative estimate of drug-likeness (QED) is 0.682. The first-order valence-corrected chi connectivity index (χ1v) is 9.24. The average molecular weight is 436 g/mol. The lowest BCUT2D eigenvalue weighted by Crippen LogP contribution is -2.49. The molecule has 9 heteroatoms. The molecule has 0 spiro atoms. The molecule has 0 saturated carbocycles. The summed E-state index contributed by atoms with van der Waals surface area (Å²) in [5.74, 6) is 0.377. The smallest absolute Gasteiger partial charge is 0.295 e. The zero-order chi connectivity index (χ0) is 19.0. The Labute approximate surface area is 162 Å². The van der Waals surface area contributed by atoms with Gasteiger partial charge in [-0.1, -0.05) is 0 Å². The number of nitrogens with zero attached hydrogens (tertiary/aromatic N) is 4. The molecule has 1 aliphatic rings. The van der Waals surface area contributed by atoms with Gasteiger partial charge in [0.25, 0.3) is 12.3 Å². The first kappa shape index (κ1) is 17.8. The van der Waals surface area contributed by atoms with Gasteiger partial charge in [-0.05, 0) is 46.3 Å². The lowest BCUT2D eigenvalue weighted by atomic mass is 10.1. The van der Waals surface area contributed by atoms with Crippen molar-refractivity contribution in [3.8, 4) is 0 Å². The summed E-state index contributed by atoms with van der Waals surface area (Å²) < 4.78 is 26.5. The van der Waals surface area contributed by atoms with Crippen LogP contribution >= 0.6 is 15.9 Å². The molecular weight excluding hydrogens is 420 g/mol. The Morgan fingerprint density at radius 1 is 1.15 bits per heavy atom. The molecule has 1 amide bonds. The number of carbonyl (C=O) groups excluding carboxylic acids is 1. The fourth-order valence-electron chi connectivity index (χ4n) is 3.14. The molecule has 4 rings (SSSR count). The molecule has 2 aromatic heterocycles. The van der Waals surface area contributed by atoms with Crippen LogP contribution in [0.4, 0.5) is 14.6 Å². The lowest BCUT2D eigenvalue weighted by molar-refractivity contribution is 0.0746. The number of halogens is 3. The van der Waals surface area contributed by atoms with Gasteiger partial charge in [0.2, 0.25) is 0 Å². The van der Waals surface area contributed by atoms with Gasteiger partial charge in [-0.3, -0.25) is 4.79 Å². The highest BCUT2D eigenvalue weighted by Crippen LogP contribution is 2.22. The van der Waals surface area contributed by atoms with Crippen LogP contribution in [0, 0.1) is 0 Å². The van der Waals surface area contributed by atoms with Gasteiger partial charge in [0.05, 0.1) is 11.0 Å². The third-order valence-electron chi connectivity index (χ3n) is 4.56. The summed E-state index contributed by atoms with van der Waals surface area (Å²) in [5, 5.41) is 0. The maximum absolute atomic E-state index is 12.8. The second kappa shape index (κ2) is 7.22. The first-order valence-electron chi connectivity index (χ1n) is 8.45. The van der Waals surface area contributed by atoms with Gasteiger partial charge in [0, 0.05) is 42.4 Å². The molecule has 0 radical (unpaired) electrons. The van der Waals surface area contributed by atoms with Gasteiger partial charge in [-0.25, -0.2) is 18.7 Å². The molecule has 1 fully saturated rings. The Morgan fingerprint density at radius 2 is 1.93 bits per heavy atom. The number of hydrogen-bond acceptors (Lipinski definition) is 4. The minimum atomic E-state index is -2.67. The number of carbonyl (C=O) groups is 1. The maximum Gasteiger partial charge on any atom is 0.295 e. The number of aromatic amines is 1. The molecule has 0 aliphatic carbocycles. The number of imidazole rings is 1. The van der Waals surface area contributed by atoms with E-state index in [1.165, 1.54) is 0 Å². The van der Waals surface area contributed by atoms with Crippen molar-refractivity contribution in [2.75, 3.05) is 31.1 Å². The SMILES string of the molecule is O=C(c1ccc2nc(C(F)F)[nH]c2c1)N1CCN(c2ccc(Br)cn2)CC1. The van der Waals surface area contributed by atoms with Gasteiger partial charge in [0.1, 0.15) is 5.82 Å². The standard InChI is InChI=1S/C18H16BrF2N5O/c19-12-2-4-15(22-10-12)25-5-7-26(8-6-25)18(27)11-1-3-13-14(9-11)24-17(23-13)16(20)21/h1-4,9-10,16H,5-8H2,(H,23,24). The van der Waals surface area contributed by atoms with E-state index in [9.17, 15) is 13.6 Å². The second-order valence-electron chi connectivity index (χ2n) is 6.27.